The molecule has 1 fully saturated rings. The summed E-state index contributed by atoms with van der Waals surface area (Å²) in [6, 6.07) is 0. The summed E-state index contributed by atoms with van der Waals surface area (Å²) in [7, 11) is -2.81. The monoisotopic (exact) mass is 211 g/mol. The lowest BCUT2D eigenvalue weighted by Crippen LogP contribution is -2.40. The third kappa shape index (κ3) is 8.17. The highest BCUT2D eigenvalue weighted by atomic mass is 32.3. The zero-order valence-electron chi connectivity index (χ0n) is 9.02. The minimum absolute atomic E-state index is 0. The van der Waals surface area contributed by atoms with Crippen molar-refractivity contribution in [3.8, 4) is 0 Å². The van der Waals surface area contributed by atoms with Crippen LogP contribution in [0, 0.1) is 0 Å². The molecule has 0 spiro atoms. The van der Waals surface area contributed by atoms with Gasteiger partial charge in [0.15, 0.2) is 0 Å². The number of rotatable bonds is 1. The topological polar surface area (TPSA) is 80.3 Å². The lowest BCUT2D eigenvalue weighted by atomic mass is 10.4. The van der Waals surface area contributed by atoms with E-state index in [1.807, 2.05) is 0 Å². The number of likely N-dealkylation sites (tertiary alicyclic amines) is 1. The van der Waals surface area contributed by atoms with Crippen LogP contribution < -0.4 is 0 Å². The van der Waals surface area contributed by atoms with Crippen molar-refractivity contribution in [2.75, 3.05) is 26.7 Å². The largest absolute Gasteiger partial charge is 1.00 e. The van der Waals surface area contributed by atoms with Gasteiger partial charge in [-0.1, -0.05) is 0 Å². The Morgan fingerprint density at radius 2 is 1.62 bits per heavy atom. The Balaban J connectivity index is 0. The Morgan fingerprint density at radius 1 is 1.31 bits per heavy atom. The average Bonchev–Trinajstić information content (AvgIpc) is 2.34. The van der Waals surface area contributed by atoms with Gasteiger partial charge >= 0.3 is 1.43 Å². The van der Waals surface area contributed by atoms with Crippen LogP contribution in [-0.4, -0.2) is 48.7 Å². The zero-order valence-corrected chi connectivity index (χ0v) is 8.84. The molecule has 0 saturated carbocycles. The number of hydrogen-bond acceptors (Lipinski definition) is 4. The van der Waals surface area contributed by atoms with Crippen LogP contribution in [0.4, 0.5) is 0 Å². The van der Waals surface area contributed by atoms with E-state index < -0.39 is 10.4 Å². The van der Waals surface area contributed by atoms with Gasteiger partial charge in [0.05, 0.1) is 26.7 Å². The molecular formula is C7H17NO4S. The van der Waals surface area contributed by atoms with Crippen molar-refractivity contribution in [1.29, 1.82) is 0 Å². The summed E-state index contributed by atoms with van der Waals surface area (Å²) >= 11 is 0. The molecule has 0 amide bonds. The Bertz CT molecular complexity index is 228. The highest BCUT2D eigenvalue weighted by Gasteiger charge is 2.23. The molecule has 1 aliphatic rings. The molecule has 0 N–H and O–H groups in total. The highest BCUT2D eigenvalue weighted by Crippen LogP contribution is 2.14. The minimum atomic E-state index is -5.17. The SMILES string of the molecule is CC[N+]1(C)CCCC1.O=S(=O)([O-])[O-].[H+]. The van der Waals surface area contributed by atoms with Crippen LogP contribution in [0.25, 0.3) is 0 Å². The predicted molar refractivity (Wildman–Crippen MR) is 47.3 cm³/mol. The van der Waals surface area contributed by atoms with E-state index in [1.165, 1.54) is 37.0 Å². The van der Waals surface area contributed by atoms with Gasteiger partial charge in [0.2, 0.25) is 0 Å². The summed E-state index contributed by atoms with van der Waals surface area (Å²) in [5, 5.41) is 0. The Labute approximate surface area is 81.0 Å². The van der Waals surface area contributed by atoms with Gasteiger partial charge in [0, 0.05) is 23.2 Å². The minimum Gasteiger partial charge on any atom is -0.759 e. The Kier molecular flexibility index (Phi) is 4.83. The van der Waals surface area contributed by atoms with E-state index in [-0.39, 0.29) is 1.43 Å². The predicted octanol–water partition coefficient (Wildman–Crippen LogP) is 0.0212. The average molecular weight is 211 g/mol. The number of nitrogens with zero attached hydrogens (tertiary/aromatic N) is 1. The van der Waals surface area contributed by atoms with E-state index >= 15 is 0 Å². The third-order valence-electron chi connectivity index (χ3n) is 2.41. The molecule has 5 nitrogen and oxygen atoms in total. The smallest absolute Gasteiger partial charge is 0.759 e. The third-order valence-corrected chi connectivity index (χ3v) is 2.41. The Hall–Kier alpha value is -0.170. The normalized spacial score (nSPS) is 20.6. The maximum absolute atomic E-state index is 8.52. The summed E-state index contributed by atoms with van der Waals surface area (Å²) < 4.78 is 35.4. The molecule has 0 aromatic rings. The quantitative estimate of drug-likeness (QED) is 0.348. The van der Waals surface area contributed by atoms with Gasteiger partial charge in [-0.15, -0.1) is 0 Å². The van der Waals surface area contributed by atoms with Crippen LogP contribution in [0.1, 0.15) is 21.2 Å². The van der Waals surface area contributed by atoms with E-state index in [2.05, 4.69) is 14.0 Å². The van der Waals surface area contributed by atoms with Crippen molar-refractivity contribution < 1.29 is 23.4 Å². The lowest BCUT2D eigenvalue weighted by Gasteiger charge is -2.26. The standard InChI is InChI=1S/C7H16N.H2O4S/c1-3-8(2)6-4-5-7-8;1-5(2,3)4/h3-7H2,1-2H3;(H2,1,2,3,4)/q+1;/p-1. The number of quaternary nitrogens is 1. The van der Waals surface area contributed by atoms with Gasteiger partial charge in [0.25, 0.3) is 0 Å². The Morgan fingerprint density at radius 3 is 1.77 bits per heavy atom. The van der Waals surface area contributed by atoms with Gasteiger partial charge < -0.3 is 13.6 Å². The van der Waals surface area contributed by atoms with E-state index in [4.69, 9.17) is 17.5 Å². The first-order chi connectivity index (χ1) is 5.77. The first kappa shape index (κ1) is 12.8. The second kappa shape index (κ2) is 4.90. The van der Waals surface area contributed by atoms with E-state index in [0.717, 1.165) is 0 Å². The number of hydrogen-bond donors (Lipinski definition) is 0. The second-order valence-electron chi connectivity index (χ2n) is 3.50. The maximum Gasteiger partial charge on any atom is 1.00 e. The molecule has 0 aromatic carbocycles. The van der Waals surface area contributed by atoms with Gasteiger partial charge in [0.1, 0.15) is 0 Å². The molecule has 1 saturated heterocycles. The zero-order chi connectivity index (χ0) is 10.5. The van der Waals surface area contributed by atoms with Gasteiger partial charge in [-0.05, 0) is 6.92 Å². The first-order valence-electron chi connectivity index (χ1n) is 4.27. The van der Waals surface area contributed by atoms with Gasteiger partial charge in [-0.25, -0.2) is 0 Å². The van der Waals surface area contributed by atoms with Crippen molar-refractivity contribution in [3.63, 3.8) is 0 Å². The lowest BCUT2D eigenvalue weighted by molar-refractivity contribution is -0.895. The van der Waals surface area contributed by atoms with E-state index in [0.29, 0.717) is 0 Å². The van der Waals surface area contributed by atoms with Crippen molar-refractivity contribution in [1.82, 2.24) is 0 Å². The second-order valence-corrected chi connectivity index (χ2v) is 4.31. The molecule has 1 aliphatic heterocycles. The molecule has 0 atom stereocenters. The fraction of sp³-hybridized carbons (Fsp3) is 1.00. The molecule has 6 heteroatoms. The van der Waals surface area contributed by atoms with Crippen LogP contribution in [0.2, 0.25) is 0 Å². The van der Waals surface area contributed by atoms with Crippen LogP contribution in [0.15, 0.2) is 0 Å². The van der Waals surface area contributed by atoms with Crippen molar-refractivity contribution >= 4 is 10.4 Å². The maximum atomic E-state index is 8.52. The van der Waals surface area contributed by atoms with E-state index in [1.54, 1.807) is 0 Å². The molecule has 80 valence electrons. The highest BCUT2D eigenvalue weighted by molar-refractivity contribution is 7.79. The summed E-state index contributed by atoms with van der Waals surface area (Å²) in [4.78, 5) is 0. The van der Waals surface area contributed by atoms with Crippen molar-refractivity contribution in [3.05, 3.63) is 0 Å². The first-order valence-corrected chi connectivity index (χ1v) is 5.60. The fourth-order valence-electron chi connectivity index (χ4n) is 1.42. The molecule has 1 rings (SSSR count). The molecule has 0 aromatic heterocycles. The van der Waals surface area contributed by atoms with Crippen LogP contribution in [0.3, 0.4) is 0 Å². The van der Waals surface area contributed by atoms with Crippen molar-refractivity contribution in [2.45, 2.75) is 19.8 Å². The molecular weight excluding hydrogens is 194 g/mol. The molecule has 0 radical (unpaired) electrons. The molecule has 1 heterocycles. The summed E-state index contributed by atoms with van der Waals surface area (Å²) in [6.45, 7) is 6.43. The molecule has 0 aliphatic carbocycles. The van der Waals surface area contributed by atoms with Crippen LogP contribution in [0.5, 0.6) is 0 Å². The van der Waals surface area contributed by atoms with Crippen LogP contribution >= 0.6 is 0 Å². The van der Waals surface area contributed by atoms with Crippen LogP contribution in [-0.2, 0) is 10.4 Å². The summed E-state index contributed by atoms with van der Waals surface area (Å²) in [5.74, 6) is 0. The van der Waals surface area contributed by atoms with Gasteiger partial charge in [-0.2, -0.15) is 0 Å². The fourth-order valence-corrected chi connectivity index (χ4v) is 1.42. The molecule has 13 heavy (non-hydrogen) atoms. The van der Waals surface area contributed by atoms with Gasteiger partial charge in [-0.3, -0.25) is 8.42 Å². The van der Waals surface area contributed by atoms with E-state index in [9.17, 15) is 0 Å². The molecule has 0 bridgehead atoms. The summed E-state index contributed by atoms with van der Waals surface area (Å²) in [5.41, 5.74) is 0. The van der Waals surface area contributed by atoms with Crippen molar-refractivity contribution in [2.24, 2.45) is 0 Å². The summed E-state index contributed by atoms with van der Waals surface area (Å²) in [6.07, 6.45) is 2.90. The molecule has 0 unspecified atom stereocenters.